The average molecular weight is 272 g/mol. The zero-order chi connectivity index (χ0) is 13.3. The van der Waals surface area contributed by atoms with E-state index in [1.54, 1.807) is 12.1 Å². The number of rotatable bonds is 4. The van der Waals surface area contributed by atoms with Crippen LogP contribution >= 0.6 is 11.6 Å². The summed E-state index contributed by atoms with van der Waals surface area (Å²) in [5, 5.41) is 0.0923. The predicted octanol–water partition coefficient (Wildman–Crippen LogP) is 3.76. The fraction of sp³-hybridized carbons (Fsp3) is 0.571. The van der Waals surface area contributed by atoms with Gasteiger partial charge in [-0.05, 0) is 25.0 Å². The van der Waals surface area contributed by atoms with Crippen LogP contribution in [0.4, 0.5) is 4.39 Å². The second-order valence-electron chi connectivity index (χ2n) is 4.94. The molecule has 0 aromatic heterocycles. The smallest absolute Gasteiger partial charge is 0.183 e. The topological polar surface area (TPSA) is 35.2 Å². The Bertz CT molecular complexity index is 434. The summed E-state index contributed by atoms with van der Waals surface area (Å²) in [6.45, 7) is 4.21. The van der Waals surface area contributed by atoms with Crippen LogP contribution in [0.25, 0.3) is 0 Å². The van der Waals surface area contributed by atoms with Gasteiger partial charge in [0.1, 0.15) is 6.10 Å². The van der Waals surface area contributed by atoms with Crippen molar-refractivity contribution in [3.63, 3.8) is 0 Å². The molecule has 0 spiro atoms. The lowest BCUT2D eigenvalue weighted by Crippen LogP contribution is -2.63. The zero-order valence-corrected chi connectivity index (χ0v) is 11.5. The molecule has 18 heavy (non-hydrogen) atoms. The molecule has 0 bridgehead atoms. The molecule has 1 aliphatic rings. The molecule has 2 unspecified atom stereocenters. The molecule has 0 heterocycles. The number of benzene rings is 1. The number of ether oxygens (including phenoxy) is 1. The standard InChI is InChI=1S/C14H19ClFNO/c1-3-14(4-2)11(17)8-12(14)18-10-7-5-6-9(15)13(10)16/h5-7,11-12H,3-4,8,17H2,1-2H3. The number of hydrogen-bond donors (Lipinski definition) is 1. The van der Waals surface area contributed by atoms with Gasteiger partial charge in [-0.15, -0.1) is 0 Å². The monoisotopic (exact) mass is 271 g/mol. The normalized spacial score (nSPS) is 25.6. The molecule has 1 fully saturated rings. The van der Waals surface area contributed by atoms with E-state index in [9.17, 15) is 4.39 Å². The Hall–Kier alpha value is -0.800. The zero-order valence-electron chi connectivity index (χ0n) is 10.7. The van der Waals surface area contributed by atoms with Crippen molar-refractivity contribution in [2.45, 2.75) is 45.3 Å². The van der Waals surface area contributed by atoms with E-state index in [0.717, 1.165) is 19.3 Å². The molecular weight excluding hydrogens is 253 g/mol. The maximum atomic E-state index is 13.8. The van der Waals surface area contributed by atoms with Crippen molar-refractivity contribution in [1.82, 2.24) is 0 Å². The van der Waals surface area contributed by atoms with Crippen LogP contribution in [0.15, 0.2) is 18.2 Å². The third kappa shape index (κ3) is 1.99. The first kappa shape index (κ1) is 13.6. The molecule has 0 aliphatic heterocycles. The van der Waals surface area contributed by atoms with Crippen molar-refractivity contribution >= 4 is 11.6 Å². The van der Waals surface area contributed by atoms with Crippen molar-refractivity contribution in [3.05, 3.63) is 29.0 Å². The first-order chi connectivity index (χ1) is 8.55. The Morgan fingerprint density at radius 3 is 2.67 bits per heavy atom. The van der Waals surface area contributed by atoms with Gasteiger partial charge in [0.15, 0.2) is 11.6 Å². The van der Waals surface area contributed by atoms with Crippen LogP contribution in [-0.4, -0.2) is 12.1 Å². The summed E-state index contributed by atoms with van der Waals surface area (Å²) in [7, 11) is 0. The van der Waals surface area contributed by atoms with Crippen molar-refractivity contribution in [2.24, 2.45) is 11.1 Å². The number of halogens is 2. The second-order valence-corrected chi connectivity index (χ2v) is 5.35. The van der Waals surface area contributed by atoms with Gasteiger partial charge in [-0.25, -0.2) is 4.39 Å². The lowest BCUT2D eigenvalue weighted by molar-refractivity contribution is -0.0737. The minimum absolute atomic E-state index is 0.0181. The van der Waals surface area contributed by atoms with E-state index in [-0.39, 0.29) is 28.3 Å². The lowest BCUT2D eigenvalue weighted by Gasteiger charge is -2.53. The second kappa shape index (κ2) is 5.06. The molecule has 4 heteroatoms. The highest BCUT2D eigenvalue weighted by molar-refractivity contribution is 6.30. The van der Waals surface area contributed by atoms with Crippen LogP contribution in [0.2, 0.25) is 5.02 Å². The van der Waals surface area contributed by atoms with Crippen molar-refractivity contribution in [1.29, 1.82) is 0 Å². The molecule has 0 amide bonds. The van der Waals surface area contributed by atoms with Gasteiger partial charge in [0, 0.05) is 17.9 Å². The maximum Gasteiger partial charge on any atom is 0.183 e. The predicted molar refractivity (Wildman–Crippen MR) is 71.4 cm³/mol. The summed E-state index contributed by atoms with van der Waals surface area (Å²) in [6, 6.07) is 4.96. The van der Waals surface area contributed by atoms with E-state index in [1.807, 2.05) is 0 Å². The Balaban J connectivity index is 2.18. The lowest BCUT2D eigenvalue weighted by atomic mass is 9.59. The minimum atomic E-state index is -0.485. The molecule has 1 aromatic rings. The molecule has 1 aliphatic carbocycles. The SMILES string of the molecule is CCC1(CC)C(N)CC1Oc1cccc(Cl)c1F. The fourth-order valence-electron chi connectivity index (χ4n) is 2.90. The van der Waals surface area contributed by atoms with E-state index in [0.29, 0.717) is 0 Å². The minimum Gasteiger partial charge on any atom is -0.487 e. The Labute approximate surface area is 112 Å². The number of nitrogens with two attached hydrogens (primary N) is 1. The van der Waals surface area contributed by atoms with Gasteiger partial charge < -0.3 is 10.5 Å². The Kier molecular flexibility index (Phi) is 3.83. The molecule has 2 nitrogen and oxygen atoms in total. The molecule has 0 radical (unpaired) electrons. The van der Waals surface area contributed by atoms with Crippen LogP contribution in [0.1, 0.15) is 33.1 Å². The van der Waals surface area contributed by atoms with Crippen molar-refractivity contribution in [2.75, 3.05) is 0 Å². The molecule has 2 atom stereocenters. The molecule has 1 saturated carbocycles. The van der Waals surface area contributed by atoms with Crippen molar-refractivity contribution < 1.29 is 9.13 Å². The highest BCUT2D eigenvalue weighted by Gasteiger charge is 2.52. The van der Waals surface area contributed by atoms with Gasteiger partial charge in [0.05, 0.1) is 5.02 Å². The third-order valence-corrected chi connectivity index (χ3v) is 4.64. The van der Waals surface area contributed by atoms with Crippen LogP contribution in [0.5, 0.6) is 5.75 Å². The first-order valence-electron chi connectivity index (χ1n) is 6.41. The van der Waals surface area contributed by atoms with Gasteiger partial charge >= 0.3 is 0 Å². The summed E-state index contributed by atoms with van der Waals surface area (Å²) in [5.41, 5.74) is 6.06. The van der Waals surface area contributed by atoms with E-state index in [1.165, 1.54) is 6.07 Å². The Morgan fingerprint density at radius 2 is 2.11 bits per heavy atom. The fourth-order valence-corrected chi connectivity index (χ4v) is 3.07. The maximum absolute atomic E-state index is 13.8. The summed E-state index contributed by atoms with van der Waals surface area (Å²) in [6.07, 6.45) is 2.64. The van der Waals surface area contributed by atoms with Gasteiger partial charge in [-0.1, -0.05) is 31.5 Å². The van der Waals surface area contributed by atoms with Crippen LogP contribution in [-0.2, 0) is 0 Å². The van der Waals surface area contributed by atoms with Gasteiger partial charge in [0.25, 0.3) is 0 Å². The third-order valence-electron chi connectivity index (χ3n) is 4.35. The van der Waals surface area contributed by atoms with E-state index in [2.05, 4.69) is 13.8 Å². The van der Waals surface area contributed by atoms with E-state index < -0.39 is 5.82 Å². The molecule has 2 rings (SSSR count). The summed E-state index contributed by atoms with van der Waals surface area (Å²) < 4.78 is 19.6. The van der Waals surface area contributed by atoms with Gasteiger partial charge in [0.2, 0.25) is 0 Å². The molecule has 1 aromatic carbocycles. The largest absolute Gasteiger partial charge is 0.487 e. The Morgan fingerprint density at radius 1 is 1.44 bits per heavy atom. The molecule has 2 N–H and O–H groups in total. The van der Waals surface area contributed by atoms with E-state index in [4.69, 9.17) is 22.1 Å². The van der Waals surface area contributed by atoms with Crippen LogP contribution in [0.3, 0.4) is 0 Å². The van der Waals surface area contributed by atoms with Gasteiger partial charge in [-0.3, -0.25) is 0 Å². The quantitative estimate of drug-likeness (QED) is 0.905. The summed E-state index contributed by atoms with van der Waals surface area (Å²) in [4.78, 5) is 0. The van der Waals surface area contributed by atoms with E-state index >= 15 is 0 Å². The van der Waals surface area contributed by atoms with Crippen molar-refractivity contribution in [3.8, 4) is 5.75 Å². The van der Waals surface area contributed by atoms with Crippen LogP contribution in [0, 0.1) is 11.2 Å². The summed E-state index contributed by atoms with van der Waals surface area (Å²) >= 11 is 5.75. The van der Waals surface area contributed by atoms with Gasteiger partial charge in [-0.2, -0.15) is 0 Å². The highest BCUT2D eigenvalue weighted by atomic mass is 35.5. The number of hydrogen-bond acceptors (Lipinski definition) is 2. The first-order valence-corrected chi connectivity index (χ1v) is 6.79. The highest BCUT2D eigenvalue weighted by Crippen LogP contribution is 2.48. The van der Waals surface area contributed by atoms with Crippen LogP contribution < -0.4 is 10.5 Å². The molecular formula is C14H19ClFNO. The molecule has 0 saturated heterocycles. The summed E-state index contributed by atoms with van der Waals surface area (Å²) in [5.74, 6) is -0.258. The molecule has 100 valence electrons. The average Bonchev–Trinajstić information content (AvgIpc) is 2.36.